The molecule has 170 valence electrons. The molecule has 1 saturated heterocycles. The Morgan fingerprint density at radius 3 is 2.27 bits per heavy atom. The SMILES string of the molecule is O=C(NC(c1ccc(F)cc1)c1ccccn1)C1CCN(CC2Cc3ccccc3C2)CC1. The molecular formula is C28H30FN3O. The minimum atomic E-state index is -0.380. The molecule has 1 unspecified atom stereocenters. The highest BCUT2D eigenvalue weighted by atomic mass is 19.1. The number of halogens is 1. The number of carbonyl (C=O) groups is 1. The maximum atomic E-state index is 13.5. The predicted molar refractivity (Wildman–Crippen MR) is 127 cm³/mol. The molecule has 1 fully saturated rings. The van der Waals surface area contributed by atoms with Gasteiger partial charge in [0.2, 0.25) is 5.91 Å². The molecule has 3 aromatic rings. The summed E-state index contributed by atoms with van der Waals surface area (Å²) in [5, 5.41) is 3.20. The van der Waals surface area contributed by atoms with E-state index in [0.717, 1.165) is 43.7 Å². The number of fused-ring (bicyclic) bond motifs is 1. The molecule has 1 N–H and O–H groups in total. The van der Waals surface area contributed by atoms with Crippen molar-refractivity contribution in [3.63, 3.8) is 0 Å². The summed E-state index contributed by atoms with van der Waals surface area (Å²) in [6.45, 7) is 3.01. The van der Waals surface area contributed by atoms with E-state index in [9.17, 15) is 9.18 Å². The number of benzene rings is 2. The van der Waals surface area contributed by atoms with E-state index in [1.54, 1.807) is 18.3 Å². The van der Waals surface area contributed by atoms with Crippen LogP contribution in [-0.4, -0.2) is 35.4 Å². The van der Waals surface area contributed by atoms with Crippen molar-refractivity contribution in [2.75, 3.05) is 19.6 Å². The number of hydrogen-bond donors (Lipinski definition) is 1. The predicted octanol–water partition coefficient (Wildman–Crippen LogP) is 4.55. The molecule has 2 aromatic carbocycles. The molecule has 1 aliphatic carbocycles. The third-order valence-corrected chi connectivity index (χ3v) is 7.08. The summed E-state index contributed by atoms with van der Waals surface area (Å²) in [5.41, 5.74) is 4.59. The Labute approximate surface area is 194 Å². The number of pyridine rings is 1. The third-order valence-electron chi connectivity index (χ3n) is 7.08. The van der Waals surface area contributed by atoms with Gasteiger partial charge >= 0.3 is 0 Å². The number of carbonyl (C=O) groups excluding carboxylic acids is 1. The van der Waals surface area contributed by atoms with E-state index in [1.807, 2.05) is 18.2 Å². The van der Waals surface area contributed by atoms with Gasteiger partial charge in [0.05, 0.1) is 11.7 Å². The van der Waals surface area contributed by atoms with Crippen molar-refractivity contribution in [2.24, 2.45) is 11.8 Å². The molecular weight excluding hydrogens is 413 g/mol. The summed E-state index contributed by atoms with van der Waals surface area (Å²) in [5.74, 6) is 0.443. The van der Waals surface area contributed by atoms with Crippen molar-refractivity contribution in [1.82, 2.24) is 15.2 Å². The average Bonchev–Trinajstić information content (AvgIpc) is 3.26. The maximum Gasteiger partial charge on any atom is 0.224 e. The molecule has 1 atom stereocenters. The average molecular weight is 444 g/mol. The minimum absolute atomic E-state index is 0.00585. The second-order valence-corrected chi connectivity index (χ2v) is 9.37. The Morgan fingerprint density at radius 2 is 1.64 bits per heavy atom. The fraction of sp³-hybridized carbons (Fsp3) is 0.357. The molecule has 1 aromatic heterocycles. The van der Waals surface area contributed by atoms with Gasteiger partial charge < -0.3 is 10.2 Å². The van der Waals surface area contributed by atoms with E-state index >= 15 is 0 Å². The molecule has 5 heteroatoms. The molecule has 2 aliphatic rings. The number of nitrogens with one attached hydrogen (secondary N) is 1. The molecule has 1 amide bonds. The standard InChI is InChI=1S/C28H30FN3O/c29-25-10-8-21(9-11-25)27(26-7-3-4-14-30-26)31-28(33)22-12-15-32(16-13-22)19-20-17-23-5-1-2-6-24(23)18-20/h1-11,14,20,22,27H,12-13,15-19H2,(H,31,33). The van der Waals surface area contributed by atoms with Crippen molar-refractivity contribution in [3.05, 3.63) is 101 Å². The van der Waals surface area contributed by atoms with E-state index < -0.39 is 0 Å². The van der Waals surface area contributed by atoms with Crippen LogP contribution in [0.4, 0.5) is 4.39 Å². The lowest BCUT2D eigenvalue weighted by atomic mass is 9.93. The Balaban J connectivity index is 1.18. The zero-order valence-electron chi connectivity index (χ0n) is 18.8. The lowest BCUT2D eigenvalue weighted by Gasteiger charge is -2.33. The quantitative estimate of drug-likeness (QED) is 0.608. The van der Waals surface area contributed by atoms with Crippen LogP contribution in [0, 0.1) is 17.7 Å². The van der Waals surface area contributed by atoms with E-state index in [-0.39, 0.29) is 23.7 Å². The summed E-state index contributed by atoms with van der Waals surface area (Å²) >= 11 is 0. The van der Waals surface area contributed by atoms with Gasteiger partial charge in [-0.15, -0.1) is 0 Å². The Hall–Kier alpha value is -3.05. The normalized spacial score (nSPS) is 18.1. The summed E-state index contributed by atoms with van der Waals surface area (Å²) in [4.78, 5) is 20.2. The van der Waals surface area contributed by atoms with E-state index in [4.69, 9.17) is 0 Å². The summed E-state index contributed by atoms with van der Waals surface area (Å²) in [6, 6.07) is 20.4. The van der Waals surface area contributed by atoms with Crippen molar-refractivity contribution < 1.29 is 9.18 Å². The second-order valence-electron chi connectivity index (χ2n) is 9.37. The van der Waals surface area contributed by atoms with Crippen molar-refractivity contribution in [2.45, 2.75) is 31.7 Å². The molecule has 5 rings (SSSR count). The lowest BCUT2D eigenvalue weighted by molar-refractivity contribution is -0.127. The van der Waals surface area contributed by atoms with Crippen LogP contribution in [0.2, 0.25) is 0 Å². The molecule has 4 nitrogen and oxygen atoms in total. The van der Waals surface area contributed by atoms with Crippen LogP contribution in [0.25, 0.3) is 0 Å². The number of rotatable bonds is 6. The highest BCUT2D eigenvalue weighted by molar-refractivity contribution is 5.79. The number of hydrogen-bond acceptors (Lipinski definition) is 3. The van der Waals surface area contributed by atoms with Gasteiger partial charge in [0.25, 0.3) is 0 Å². The molecule has 0 saturated carbocycles. The smallest absolute Gasteiger partial charge is 0.224 e. The fourth-order valence-corrected chi connectivity index (χ4v) is 5.31. The highest BCUT2D eigenvalue weighted by Gasteiger charge is 2.30. The molecule has 0 bridgehead atoms. The largest absolute Gasteiger partial charge is 0.343 e. The number of aromatic nitrogens is 1. The highest BCUT2D eigenvalue weighted by Crippen LogP contribution is 2.29. The Bertz CT molecular complexity index is 1050. The second kappa shape index (κ2) is 9.84. The first kappa shape index (κ1) is 21.8. The van der Waals surface area contributed by atoms with Gasteiger partial charge in [0, 0.05) is 18.7 Å². The lowest BCUT2D eigenvalue weighted by Crippen LogP contribution is -2.43. The molecule has 2 heterocycles. The van der Waals surface area contributed by atoms with Crippen LogP contribution < -0.4 is 5.32 Å². The van der Waals surface area contributed by atoms with Crippen LogP contribution in [0.1, 0.15) is 41.3 Å². The molecule has 0 spiro atoms. The maximum absolute atomic E-state index is 13.5. The zero-order valence-corrected chi connectivity index (χ0v) is 18.8. The Kier molecular flexibility index (Phi) is 6.49. The zero-order chi connectivity index (χ0) is 22.6. The minimum Gasteiger partial charge on any atom is -0.343 e. The van der Waals surface area contributed by atoms with Crippen LogP contribution >= 0.6 is 0 Å². The molecule has 33 heavy (non-hydrogen) atoms. The van der Waals surface area contributed by atoms with Gasteiger partial charge in [-0.1, -0.05) is 42.5 Å². The number of likely N-dealkylation sites (tertiary alicyclic amines) is 1. The monoisotopic (exact) mass is 443 g/mol. The van der Waals surface area contributed by atoms with E-state index in [0.29, 0.717) is 5.92 Å². The fourth-order valence-electron chi connectivity index (χ4n) is 5.31. The summed E-state index contributed by atoms with van der Waals surface area (Å²) in [7, 11) is 0. The van der Waals surface area contributed by atoms with E-state index in [2.05, 4.69) is 39.5 Å². The van der Waals surface area contributed by atoms with Crippen LogP contribution in [0.15, 0.2) is 72.9 Å². The molecule has 1 aliphatic heterocycles. The van der Waals surface area contributed by atoms with Crippen molar-refractivity contribution in [1.29, 1.82) is 0 Å². The Morgan fingerprint density at radius 1 is 0.970 bits per heavy atom. The first-order valence-corrected chi connectivity index (χ1v) is 11.9. The van der Waals surface area contributed by atoms with Gasteiger partial charge in [0.1, 0.15) is 5.82 Å². The first-order chi connectivity index (χ1) is 16.2. The van der Waals surface area contributed by atoms with Crippen molar-refractivity contribution >= 4 is 5.91 Å². The first-order valence-electron chi connectivity index (χ1n) is 11.9. The number of piperidine rings is 1. The van der Waals surface area contributed by atoms with Gasteiger partial charge in [0.15, 0.2) is 0 Å². The van der Waals surface area contributed by atoms with Crippen LogP contribution in [0.5, 0.6) is 0 Å². The summed E-state index contributed by atoms with van der Waals surface area (Å²) < 4.78 is 13.5. The molecule has 0 radical (unpaired) electrons. The van der Waals surface area contributed by atoms with Crippen LogP contribution in [0.3, 0.4) is 0 Å². The third kappa shape index (κ3) is 5.14. The number of amides is 1. The van der Waals surface area contributed by atoms with Gasteiger partial charge in [-0.3, -0.25) is 9.78 Å². The van der Waals surface area contributed by atoms with Gasteiger partial charge in [-0.25, -0.2) is 4.39 Å². The number of nitrogens with zero attached hydrogens (tertiary/aromatic N) is 2. The van der Waals surface area contributed by atoms with E-state index in [1.165, 1.54) is 36.1 Å². The van der Waals surface area contributed by atoms with Crippen LogP contribution in [-0.2, 0) is 17.6 Å². The van der Waals surface area contributed by atoms with Crippen molar-refractivity contribution in [3.8, 4) is 0 Å². The van der Waals surface area contributed by atoms with Gasteiger partial charge in [-0.05, 0) is 85.6 Å². The summed E-state index contributed by atoms with van der Waals surface area (Å²) in [6.07, 6.45) is 5.78. The topological polar surface area (TPSA) is 45.2 Å². The van der Waals surface area contributed by atoms with Gasteiger partial charge in [-0.2, -0.15) is 0 Å².